The molecule has 5 nitrogen and oxygen atoms in total. The number of rotatable bonds is 3. The molecule has 0 spiro atoms. The lowest BCUT2D eigenvalue weighted by atomic mass is 9.96. The molecule has 1 aromatic heterocycles. The number of hydrogen-bond acceptors (Lipinski definition) is 2. The molecule has 1 N–H and O–H groups in total. The summed E-state index contributed by atoms with van der Waals surface area (Å²) in [6, 6.07) is 18.7. The summed E-state index contributed by atoms with van der Waals surface area (Å²) in [7, 11) is 2.10. The fraction of sp³-hybridized carbons (Fsp3) is 0.391. The van der Waals surface area contributed by atoms with Gasteiger partial charge >= 0.3 is 6.03 Å². The van der Waals surface area contributed by atoms with Gasteiger partial charge in [0.1, 0.15) is 5.82 Å². The van der Waals surface area contributed by atoms with Crippen LogP contribution < -0.4 is 5.32 Å². The Hall–Kier alpha value is -2.82. The van der Waals surface area contributed by atoms with Gasteiger partial charge in [0, 0.05) is 26.1 Å². The van der Waals surface area contributed by atoms with E-state index in [0.717, 1.165) is 50.1 Å². The Labute approximate surface area is 165 Å². The minimum atomic E-state index is -0.146. The van der Waals surface area contributed by atoms with Crippen molar-refractivity contribution in [3.8, 4) is 0 Å². The van der Waals surface area contributed by atoms with E-state index in [2.05, 4.69) is 47.3 Å². The smallest absolute Gasteiger partial charge is 0.318 e. The number of carbonyl (C=O) groups excluding carboxylic acids is 1. The number of fused-ring (bicyclic) bond motifs is 1. The van der Waals surface area contributed by atoms with Gasteiger partial charge < -0.3 is 14.8 Å². The number of aryl methyl sites for hydroxylation is 1. The molecular formula is C23H26N4O. The number of benzene rings is 2. The minimum Gasteiger partial charge on any atom is -0.331 e. The first-order valence-corrected chi connectivity index (χ1v) is 10.2. The van der Waals surface area contributed by atoms with Crippen LogP contribution >= 0.6 is 0 Å². The number of urea groups is 1. The molecule has 0 unspecified atom stereocenters. The molecule has 144 valence electrons. The number of hydrogen-bond donors (Lipinski definition) is 1. The number of amides is 2. The number of imidazole rings is 1. The molecule has 2 aliphatic rings. The van der Waals surface area contributed by atoms with Crippen LogP contribution in [0.4, 0.5) is 4.79 Å². The van der Waals surface area contributed by atoms with Crippen molar-refractivity contribution < 1.29 is 4.79 Å². The van der Waals surface area contributed by atoms with Crippen LogP contribution in [0.25, 0.3) is 11.0 Å². The van der Waals surface area contributed by atoms with E-state index in [1.807, 2.05) is 29.2 Å². The second-order valence-electron chi connectivity index (χ2n) is 8.16. The Morgan fingerprint density at radius 1 is 1.04 bits per heavy atom. The summed E-state index contributed by atoms with van der Waals surface area (Å²) >= 11 is 0. The van der Waals surface area contributed by atoms with Crippen molar-refractivity contribution in [2.75, 3.05) is 13.1 Å². The Kier molecular flexibility index (Phi) is 4.11. The molecule has 0 atom stereocenters. The summed E-state index contributed by atoms with van der Waals surface area (Å²) < 4.78 is 2.21. The van der Waals surface area contributed by atoms with Gasteiger partial charge in [0.15, 0.2) is 0 Å². The highest BCUT2D eigenvalue weighted by Crippen LogP contribution is 2.45. The molecule has 2 aromatic carbocycles. The largest absolute Gasteiger partial charge is 0.331 e. The summed E-state index contributed by atoms with van der Waals surface area (Å²) in [4.78, 5) is 19.7. The van der Waals surface area contributed by atoms with Crippen molar-refractivity contribution in [1.82, 2.24) is 19.8 Å². The predicted molar refractivity (Wildman–Crippen MR) is 110 cm³/mol. The van der Waals surface area contributed by atoms with Gasteiger partial charge in [-0.3, -0.25) is 0 Å². The number of piperidine rings is 1. The first-order valence-electron chi connectivity index (χ1n) is 10.2. The van der Waals surface area contributed by atoms with Crippen LogP contribution in [-0.2, 0) is 12.6 Å². The lowest BCUT2D eigenvalue weighted by molar-refractivity contribution is 0.175. The molecule has 0 bridgehead atoms. The summed E-state index contributed by atoms with van der Waals surface area (Å²) in [5.41, 5.74) is 3.31. The van der Waals surface area contributed by atoms with E-state index < -0.39 is 0 Å². The first kappa shape index (κ1) is 17.3. The third-order valence-corrected chi connectivity index (χ3v) is 6.39. The third kappa shape index (κ3) is 2.95. The van der Waals surface area contributed by atoms with Gasteiger partial charge in [-0.05, 0) is 43.4 Å². The van der Waals surface area contributed by atoms with E-state index in [1.165, 1.54) is 11.1 Å². The fourth-order valence-electron chi connectivity index (χ4n) is 4.52. The molecule has 5 heteroatoms. The van der Waals surface area contributed by atoms with E-state index >= 15 is 0 Å². The molecule has 0 radical (unpaired) electrons. The SMILES string of the molecule is Cn1c(C2CCN(C(=O)NC3(c4ccccc4)CC3)CC2)nc2ccccc21. The summed E-state index contributed by atoms with van der Waals surface area (Å²) in [6.45, 7) is 1.56. The maximum atomic E-state index is 12.9. The lowest BCUT2D eigenvalue weighted by Gasteiger charge is -2.33. The van der Waals surface area contributed by atoms with Gasteiger partial charge in [-0.15, -0.1) is 0 Å². The van der Waals surface area contributed by atoms with Crippen LogP contribution in [-0.4, -0.2) is 33.6 Å². The Balaban J connectivity index is 1.24. The first-order chi connectivity index (χ1) is 13.7. The average molecular weight is 374 g/mol. The van der Waals surface area contributed by atoms with Crippen LogP contribution in [0.2, 0.25) is 0 Å². The third-order valence-electron chi connectivity index (χ3n) is 6.39. The van der Waals surface area contributed by atoms with Crippen LogP contribution in [0.15, 0.2) is 54.6 Å². The zero-order valence-electron chi connectivity index (χ0n) is 16.3. The standard InChI is InChI=1S/C23H26N4O/c1-26-20-10-6-5-9-19(20)24-21(26)17-11-15-27(16-12-17)22(28)25-23(13-14-23)18-7-3-2-4-8-18/h2-10,17H,11-16H2,1H3,(H,25,28). The molecule has 5 rings (SSSR count). The number of carbonyl (C=O) groups is 1. The highest BCUT2D eigenvalue weighted by Gasteiger charge is 2.46. The molecule has 2 heterocycles. The molecule has 28 heavy (non-hydrogen) atoms. The molecule has 1 saturated carbocycles. The molecule has 1 saturated heterocycles. The van der Waals surface area contributed by atoms with Crippen molar-refractivity contribution in [1.29, 1.82) is 0 Å². The average Bonchev–Trinajstić information content (AvgIpc) is 3.45. The van der Waals surface area contributed by atoms with Crippen molar-refractivity contribution >= 4 is 17.1 Å². The molecule has 2 amide bonds. The van der Waals surface area contributed by atoms with Gasteiger partial charge in [0.2, 0.25) is 0 Å². The molecule has 1 aliphatic carbocycles. The summed E-state index contributed by atoms with van der Waals surface area (Å²) in [5.74, 6) is 1.55. The topological polar surface area (TPSA) is 50.2 Å². The van der Waals surface area contributed by atoms with E-state index in [1.54, 1.807) is 0 Å². The van der Waals surface area contributed by atoms with Gasteiger partial charge in [-0.1, -0.05) is 42.5 Å². The Bertz CT molecular complexity index is 998. The molecule has 1 aliphatic heterocycles. The van der Waals surface area contributed by atoms with Crippen LogP contribution in [0.3, 0.4) is 0 Å². The van der Waals surface area contributed by atoms with Crippen LogP contribution in [0.5, 0.6) is 0 Å². The van der Waals surface area contributed by atoms with E-state index in [0.29, 0.717) is 5.92 Å². The highest BCUT2D eigenvalue weighted by molar-refractivity contribution is 5.77. The number of likely N-dealkylation sites (tertiary alicyclic amines) is 1. The quantitative estimate of drug-likeness (QED) is 0.749. The maximum Gasteiger partial charge on any atom is 0.318 e. The minimum absolute atomic E-state index is 0.0739. The van der Waals surface area contributed by atoms with Crippen LogP contribution in [0, 0.1) is 0 Å². The second-order valence-corrected chi connectivity index (χ2v) is 8.16. The maximum absolute atomic E-state index is 12.9. The number of aromatic nitrogens is 2. The molecule has 2 fully saturated rings. The van der Waals surface area contributed by atoms with E-state index in [9.17, 15) is 4.79 Å². The summed E-state index contributed by atoms with van der Waals surface area (Å²) in [5, 5.41) is 3.31. The van der Waals surface area contributed by atoms with Gasteiger partial charge in [0.25, 0.3) is 0 Å². The Morgan fingerprint density at radius 3 is 2.39 bits per heavy atom. The van der Waals surface area contributed by atoms with Crippen molar-refractivity contribution in [2.24, 2.45) is 7.05 Å². The fourth-order valence-corrected chi connectivity index (χ4v) is 4.52. The number of para-hydroxylation sites is 2. The van der Waals surface area contributed by atoms with Crippen LogP contribution in [0.1, 0.15) is 43.0 Å². The zero-order chi connectivity index (χ0) is 19.1. The lowest BCUT2D eigenvalue weighted by Crippen LogP contribution is -2.47. The van der Waals surface area contributed by atoms with Crippen molar-refractivity contribution in [3.63, 3.8) is 0 Å². The highest BCUT2D eigenvalue weighted by atomic mass is 16.2. The van der Waals surface area contributed by atoms with Gasteiger partial charge in [-0.2, -0.15) is 0 Å². The monoisotopic (exact) mass is 374 g/mol. The Morgan fingerprint density at radius 2 is 1.71 bits per heavy atom. The van der Waals surface area contributed by atoms with Gasteiger partial charge in [0.05, 0.1) is 16.6 Å². The van der Waals surface area contributed by atoms with Crippen molar-refractivity contribution in [3.05, 3.63) is 66.0 Å². The number of nitrogens with one attached hydrogen (secondary N) is 1. The molecule has 3 aromatic rings. The zero-order valence-corrected chi connectivity index (χ0v) is 16.3. The predicted octanol–water partition coefficient (Wildman–Crippen LogP) is 4.15. The van der Waals surface area contributed by atoms with E-state index in [4.69, 9.17) is 4.98 Å². The van der Waals surface area contributed by atoms with E-state index in [-0.39, 0.29) is 11.6 Å². The van der Waals surface area contributed by atoms with Gasteiger partial charge in [-0.25, -0.2) is 9.78 Å². The normalized spacial score (nSPS) is 19.0. The summed E-state index contributed by atoms with van der Waals surface area (Å²) in [6.07, 6.45) is 3.98. The second kappa shape index (κ2) is 6.66. The number of nitrogens with zero attached hydrogens (tertiary/aromatic N) is 3. The molecular weight excluding hydrogens is 348 g/mol. The van der Waals surface area contributed by atoms with Crippen molar-refractivity contribution in [2.45, 2.75) is 37.1 Å².